The molecule has 0 atom stereocenters. The van der Waals surface area contributed by atoms with Gasteiger partial charge in [0, 0.05) is 0 Å². The van der Waals surface area contributed by atoms with Gasteiger partial charge in [-0.25, -0.2) is 0 Å². The number of rotatable bonds is 14. The molecule has 2 aromatic rings. The highest BCUT2D eigenvalue weighted by atomic mass is 14.1. The summed E-state index contributed by atoms with van der Waals surface area (Å²) in [6.07, 6.45) is 20.6. The minimum Gasteiger partial charge on any atom is -0.103 e. The first-order valence-electron chi connectivity index (χ1n) is 12.2. The summed E-state index contributed by atoms with van der Waals surface area (Å²) < 4.78 is 0. The van der Waals surface area contributed by atoms with Gasteiger partial charge in [0.15, 0.2) is 0 Å². The van der Waals surface area contributed by atoms with Gasteiger partial charge in [-0.3, -0.25) is 0 Å². The molecule has 0 bridgehead atoms. The van der Waals surface area contributed by atoms with Crippen molar-refractivity contribution < 1.29 is 0 Å². The van der Waals surface area contributed by atoms with Crippen molar-refractivity contribution in [2.75, 3.05) is 0 Å². The average Bonchev–Trinajstić information content (AvgIpc) is 2.85. The van der Waals surface area contributed by atoms with E-state index in [0.29, 0.717) is 0 Å². The topological polar surface area (TPSA) is 0 Å². The van der Waals surface area contributed by atoms with Gasteiger partial charge < -0.3 is 0 Å². The minimum absolute atomic E-state index is 0.919. The Bertz CT molecular complexity index is 993. The Morgan fingerprint density at radius 2 is 1.48 bits per heavy atom. The molecule has 172 valence electrons. The second-order valence-corrected chi connectivity index (χ2v) is 8.41. The summed E-state index contributed by atoms with van der Waals surface area (Å²) in [5.41, 5.74) is 8.72. The number of hydrogen-bond donors (Lipinski definition) is 0. The van der Waals surface area contributed by atoms with Crippen molar-refractivity contribution in [1.82, 2.24) is 0 Å². The average molecular weight is 437 g/mol. The molecule has 0 saturated carbocycles. The van der Waals surface area contributed by atoms with Gasteiger partial charge in [-0.15, -0.1) is 6.58 Å². The molecular formula is C33H40. The Morgan fingerprint density at radius 1 is 0.818 bits per heavy atom. The normalized spacial score (nSPS) is 12.2. The number of allylic oxidation sites excluding steroid dienone is 9. The molecule has 0 heteroatoms. The monoisotopic (exact) mass is 436 g/mol. The summed E-state index contributed by atoms with van der Waals surface area (Å²) in [5, 5.41) is 0. The Morgan fingerprint density at radius 3 is 2.12 bits per heavy atom. The van der Waals surface area contributed by atoms with Crippen LogP contribution in [0.1, 0.15) is 68.2 Å². The molecule has 2 aromatic carbocycles. The largest absolute Gasteiger partial charge is 0.103 e. The molecule has 2 rings (SSSR count). The molecule has 0 aliphatic carbocycles. The van der Waals surface area contributed by atoms with Crippen molar-refractivity contribution in [3.05, 3.63) is 133 Å². The van der Waals surface area contributed by atoms with Crippen molar-refractivity contribution in [3.63, 3.8) is 0 Å². The van der Waals surface area contributed by atoms with Gasteiger partial charge in [0.25, 0.3) is 0 Å². The Kier molecular flexibility index (Phi) is 11.8. The summed E-state index contributed by atoms with van der Waals surface area (Å²) >= 11 is 0. The highest BCUT2D eigenvalue weighted by Gasteiger charge is 2.10. The third kappa shape index (κ3) is 8.39. The Labute approximate surface area is 202 Å². The molecule has 0 radical (unpaired) electrons. The van der Waals surface area contributed by atoms with Gasteiger partial charge in [-0.05, 0) is 84.9 Å². The van der Waals surface area contributed by atoms with Crippen LogP contribution < -0.4 is 0 Å². The van der Waals surface area contributed by atoms with E-state index in [1.807, 2.05) is 31.2 Å². The van der Waals surface area contributed by atoms with E-state index in [4.69, 9.17) is 0 Å². The van der Waals surface area contributed by atoms with Crippen LogP contribution >= 0.6 is 0 Å². The van der Waals surface area contributed by atoms with E-state index in [-0.39, 0.29) is 0 Å². The summed E-state index contributed by atoms with van der Waals surface area (Å²) in [4.78, 5) is 0. The molecule has 0 aromatic heterocycles. The quantitative estimate of drug-likeness (QED) is 0.157. The van der Waals surface area contributed by atoms with Crippen LogP contribution in [0.2, 0.25) is 0 Å². The minimum atomic E-state index is 0.919. The third-order valence-electron chi connectivity index (χ3n) is 6.09. The smallest absolute Gasteiger partial charge is 0.00204 e. The molecule has 0 aliphatic rings. The Hall–Kier alpha value is -3.12. The number of aryl methyl sites for hydroxylation is 1. The van der Waals surface area contributed by atoms with E-state index in [9.17, 15) is 0 Å². The van der Waals surface area contributed by atoms with Crippen LogP contribution in [0.3, 0.4) is 0 Å². The van der Waals surface area contributed by atoms with Gasteiger partial charge in [-0.2, -0.15) is 0 Å². The van der Waals surface area contributed by atoms with Crippen LogP contribution in [-0.2, 0) is 12.8 Å². The van der Waals surface area contributed by atoms with E-state index >= 15 is 0 Å². The lowest BCUT2D eigenvalue weighted by Gasteiger charge is -2.15. The summed E-state index contributed by atoms with van der Waals surface area (Å²) in [6.45, 7) is 16.4. The van der Waals surface area contributed by atoms with E-state index in [0.717, 1.165) is 30.4 Å². The first-order chi connectivity index (χ1) is 16.1. The molecule has 0 unspecified atom stereocenters. The zero-order valence-corrected chi connectivity index (χ0v) is 20.7. The van der Waals surface area contributed by atoms with E-state index in [1.165, 1.54) is 53.5 Å². The van der Waals surface area contributed by atoms with Crippen LogP contribution in [-0.4, -0.2) is 0 Å². The van der Waals surface area contributed by atoms with Crippen LogP contribution in [0.5, 0.6) is 0 Å². The fourth-order valence-electron chi connectivity index (χ4n) is 4.05. The number of hydrogen-bond acceptors (Lipinski definition) is 0. The highest BCUT2D eigenvalue weighted by molar-refractivity contribution is 5.80. The number of benzene rings is 2. The van der Waals surface area contributed by atoms with Crippen molar-refractivity contribution in [1.29, 1.82) is 0 Å². The van der Waals surface area contributed by atoms with E-state index in [1.54, 1.807) is 0 Å². The molecule has 0 amide bonds. The van der Waals surface area contributed by atoms with E-state index in [2.05, 4.69) is 87.3 Å². The van der Waals surface area contributed by atoms with Gasteiger partial charge >= 0.3 is 0 Å². The van der Waals surface area contributed by atoms with Gasteiger partial charge in [0.05, 0.1) is 0 Å². The maximum Gasteiger partial charge on any atom is -0.00204 e. The molecule has 0 fully saturated rings. The summed E-state index contributed by atoms with van der Waals surface area (Å²) in [5.74, 6) is 0. The zero-order valence-electron chi connectivity index (χ0n) is 20.7. The van der Waals surface area contributed by atoms with Crippen molar-refractivity contribution in [2.45, 2.75) is 58.8 Å². The number of unbranched alkanes of at least 4 members (excludes halogenated alkanes) is 4. The molecule has 0 saturated heterocycles. The highest BCUT2D eigenvalue weighted by Crippen LogP contribution is 2.28. The fraction of sp³-hybridized carbons (Fsp3) is 0.273. The van der Waals surface area contributed by atoms with Gasteiger partial charge in [0.1, 0.15) is 0 Å². The van der Waals surface area contributed by atoms with Crippen LogP contribution in [0, 0.1) is 0 Å². The molecule has 0 spiro atoms. The second kappa shape index (κ2) is 14.9. The van der Waals surface area contributed by atoms with Crippen molar-refractivity contribution in [2.24, 2.45) is 0 Å². The predicted octanol–water partition coefficient (Wildman–Crippen LogP) is 9.71. The molecule has 0 heterocycles. The van der Waals surface area contributed by atoms with Crippen LogP contribution in [0.15, 0.2) is 110 Å². The molecule has 0 nitrogen and oxygen atoms in total. The predicted molar refractivity (Wildman–Crippen MR) is 149 cm³/mol. The lowest BCUT2D eigenvalue weighted by atomic mass is 9.90. The second-order valence-electron chi connectivity index (χ2n) is 8.41. The Balaban J connectivity index is 2.08. The molecule has 0 aliphatic heterocycles. The summed E-state index contributed by atoms with van der Waals surface area (Å²) in [6, 6.07) is 17.5. The first kappa shape index (κ1) is 26.1. The first-order valence-corrected chi connectivity index (χ1v) is 12.2. The van der Waals surface area contributed by atoms with E-state index < -0.39 is 0 Å². The molecule has 0 N–H and O–H groups in total. The maximum atomic E-state index is 4.45. The van der Waals surface area contributed by atoms with Crippen LogP contribution in [0.25, 0.3) is 11.1 Å². The lowest BCUT2D eigenvalue weighted by molar-refractivity contribution is 0.645. The van der Waals surface area contributed by atoms with Crippen molar-refractivity contribution in [3.8, 4) is 0 Å². The third-order valence-corrected chi connectivity index (χ3v) is 6.09. The van der Waals surface area contributed by atoms with Gasteiger partial charge in [0.2, 0.25) is 0 Å². The SMILES string of the molecule is C=CCCCCCCc1ccccc1C/C(=C/C)C(=C)c1ccc(/C(C=C)=C/C=C\C)cc1. The van der Waals surface area contributed by atoms with Crippen LogP contribution in [0.4, 0.5) is 0 Å². The fourth-order valence-corrected chi connectivity index (χ4v) is 4.05. The van der Waals surface area contributed by atoms with Gasteiger partial charge in [-0.1, -0.05) is 111 Å². The zero-order chi connectivity index (χ0) is 23.9. The summed E-state index contributed by atoms with van der Waals surface area (Å²) in [7, 11) is 0. The lowest BCUT2D eigenvalue weighted by Crippen LogP contribution is -1.99. The molecule has 33 heavy (non-hydrogen) atoms. The van der Waals surface area contributed by atoms with Crippen molar-refractivity contribution >= 4 is 11.1 Å². The maximum absolute atomic E-state index is 4.45. The standard InChI is InChI=1S/C33H40/c1-6-10-12-13-14-15-19-31-20-16-17-21-33(31)26-29(9-4)27(5)30-22-24-32(25-23-30)28(8-3)18-11-7-2/h6-9,11,16-18,20-25H,1,3,5,10,12-15,19,26H2,2,4H3/b11-7-,28-18+,29-9-. The molecular weight excluding hydrogens is 396 g/mol.